The smallest absolute Gasteiger partial charge is 0.263 e. The molecule has 10 nitrogen and oxygen atoms in total. The van der Waals surface area contributed by atoms with Gasteiger partial charge in [-0.3, -0.25) is 9.10 Å². The van der Waals surface area contributed by atoms with Crippen molar-refractivity contribution in [2.75, 3.05) is 43.3 Å². The first-order valence-corrected chi connectivity index (χ1v) is 15.9. The van der Waals surface area contributed by atoms with Gasteiger partial charge in [-0.2, -0.15) is 4.31 Å². The number of rotatable bonds is 8. The van der Waals surface area contributed by atoms with Gasteiger partial charge in [-0.15, -0.1) is 0 Å². The molecule has 2 aliphatic rings. The van der Waals surface area contributed by atoms with E-state index in [1.807, 2.05) is 26.8 Å². The van der Waals surface area contributed by atoms with Gasteiger partial charge in [-0.25, -0.2) is 16.8 Å². The minimum atomic E-state index is -3.65. The maximum Gasteiger partial charge on any atom is 0.263 e. The zero-order valence-corrected chi connectivity index (χ0v) is 23.8. The SMILES string of the molecule is CC(C)(C)c1ccc2c(c1)N(S(C)(=O)=O)C[C@H](C(=O)NCCOc1ccc(S(=O)(=O)N3CCCC3)cc1)O2. The molecule has 2 aromatic carbocycles. The van der Waals surface area contributed by atoms with Crippen molar-refractivity contribution in [3.8, 4) is 11.5 Å². The predicted molar refractivity (Wildman–Crippen MR) is 145 cm³/mol. The Kier molecular flexibility index (Phi) is 7.96. The third kappa shape index (κ3) is 6.24. The molecule has 4 rings (SSSR count). The van der Waals surface area contributed by atoms with E-state index >= 15 is 0 Å². The number of carbonyl (C=O) groups excluding carboxylic acids is 1. The third-order valence-corrected chi connectivity index (χ3v) is 9.64. The van der Waals surface area contributed by atoms with Crippen LogP contribution in [0.1, 0.15) is 39.2 Å². The van der Waals surface area contributed by atoms with Crippen molar-refractivity contribution < 1.29 is 31.1 Å². The van der Waals surface area contributed by atoms with E-state index in [0.717, 1.165) is 24.7 Å². The number of fused-ring (bicyclic) bond motifs is 1. The van der Waals surface area contributed by atoms with Gasteiger partial charge in [0.25, 0.3) is 5.91 Å². The van der Waals surface area contributed by atoms with E-state index in [2.05, 4.69) is 5.32 Å². The molecule has 1 fully saturated rings. The zero-order valence-electron chi connectivity index (χ0n) is 22.1. The first kappa shape index (κ1) is 28.2. The van der Waals surface area contributed by atoms with Crippen molar-refractivity contribution in [3.05, 3.63) is 48.0 Å². The van der Waals surface area contributed by atoms with Crippen LogP contribution in [0, 0.1) is 0 Å². The highest BCUT2D eigenvalue weighted by Gasteiger charge is 2.35. The molecule has 0 bridgehead atoms. The van der Waals surface area contributed by atoms with E-state index in [1.54, 1.807) is 24.3 Å². The Hall–Kier alpha value is -2.83. The van der Waals surface area contributed by atoms with Crippen molar-refractivity contribution >= 4 is 31.6 Å². The summed E-state index contributed by atoms with van der Waals surface area (Å²) in [4.78, 5) is 13.0. The second-order valence-corrected chi connectivity index (χ2v) is 14.4. The summed E-state index contributed by atoms with van der Waals surface area (Å²) in [7, 11) is -7.14. The molecule has 1 saturated heterocycles. The molecule has 208 valence electrons. The highest BCUT2D eigenvalue weighted by Crippen LogP contribution is 2.38. The molecule has 0 radical (unpaired) electrons. The summed E-state index contributed by atoms with van der Waals surface area (Å²) in [5, 5.41) is 2.72. The van der Waals surface area contributed by atoms with Crippen LogP contribution in [0.3, 0.4) is 0 Å². The highest BCUT2D eigenvalue weighted by molar-refractivity contribution is 7.92. The maximum absolute atomic E-state index is 12.8. The van der Waals surface area contributed by atoms with Gasteiger partial charge in [-0.1, -0.05) is 26.8 Å². The van der Waals surface area contributed by atoms with Crippen molar-refractivity contribution in [2.45, 2.75) is 50.0 Å². The predicted octanol–water partition coefficient (Wildman–Crippen LogP) is 2.49. The van der Waals surface area contributed by atoms with Gasteiger partial charge < -0.3 is 14.8 Å². The summed E-state index contributed by atoms with van der Waals surface area (Å²) in [5.41, 5.74) is 1.19. The molecule has 0 spiro atoms. The fourth-order valence-corrected chi connectivity index (χ4v) is 6.83. The molecular weight excluding hydrogens is 530 g/mol. The third-order valence-electron chi connectivity index (χ3n) is 6.58. The molecule has 1 N–H and O–H groups in total. The summed E-state index contributed by atoms with van der Waals surface area (Å²) in [6.45, 7) is 7.33. The molecule has 0 saturated carbocycles. The lowest BCUT2D eigenvalue weighted by atomic mass is 9.86. The van der Waals surface area contributed by atoms with Gasteiger partial charge >= 0.3 is 0 Å². The lowest BCUT2D eigenvalue weighted by Crippen LogP contribution is -2.51. The number of hydrogen-bond donors (Lipinski definition) is 1. The molecule has 1 amide bonds. The van der Waals surface area contributed by atoms with Crippen LogP contribution in [0.5, 0.6) is 11.5 Å². The number of nitrogens with zero attached hydrogens (tertiary/aromatic N) is 2. The van der Waals surface area contributed by atoms with Crippen LogP contribution < -0.4 is 19.1 Å². The molecule has 38 heavy (non-hydrogen) atoms. The summed E-state index contributed by atoms with van der Waals surface area (Å²) < 4.78 is 64.6. The number of anilines is 1. The Morgan fingerprint density at radius 1 is 1.05 bits per heavy atom. The molecule has 0 aliphatic carbocycles. The molecule has 2 aliphatic heterocycles. The van der Waals surface area contributed by atoms with Crippen molar-refractivity contribution in [1.82, 2.24) is 9.62 Å². The Labute approximate surface area is 225 Å². The van der Waals surface area contributed by atoms with Crippen LogP contribution in [0.4, 0.5) is 5.69 Å². The molecule has 2 heterocycles. The number of carbonyl (C=O) groups is 1. The first-order valence-electron chi connectivity index (χ1n) is 12.6. The Morgan fingerprint density at radius 3 is 2.32 bits per heavy atom. The average molecular weight is 566 g/mol. The van der Waals surface area contributed by atoms with Gasteiger partial charge in [0.15, 0.2) is 6.10 Å². The fraction of sp³-hybridized carbons (Fsp3) is 0.500. The highest BCUT2D eigenvalue weighted by atomic mass is 32.2. The Bertz CT molecular complexity index is 1380. The Balaban J connectivity index is 1.34. The molecule has 0 aromatic heterocycles. The van der Waals surface area contributed by atoms with Crippen LogP contribution in [-0.2, 0) is 30.3 Å². The molecule has 0 unspecified atom stereocenters. The number of hydrogen-bond acceptors (Lipinski definition) is 7. The minimum Gasteiger partial charge on any atom is -0.492 e. The topological polar surface area (TPSA) is 122 Å². The maximum atomic E-state index is 12.8. The minimum absolute atomic E-state index is 0.137. The van der Waals surface area contributed by atoms with Gasteiger partial charge in [-0.05, 0) is 60.2 Å². The van der Waals surface area contributed by atoms with E-state index in [9.17, 15) is 21.6 Å². The average Bonchev–Trinajstić information content (AvgIpc) is 3.41. The summed E-state index contributed by atoms with van der Waals surface area (Å²) in [6.07, 6.45) is 1.83. The zero-order chi connectivity index (χ0) is 27.7. The van der Waals surface area contributed by atoms with Crippen LogP contribution in [0.25, 0.3) is 0 Å². The first-order chi connectivity index (χ1) is 17.8. The number of benzene rings is 2. The van der Waals surface area contributed by atoms with E-state index in [1.165, 1.54) is 20.7 Å². The van der Waals surface area contributed by atoms with Gasteiger partial charge in [0, 0.05) is 13.1 Å². The lowest BCUT2D eigenvalue weighted by molar-refractivity contribution is -0.127. The Morgan fingerprint density at radius 2 is 1.71 bits per heavy atom. The lowest BCUT2D eigenvalue weighted by Gasteiger charge is -2.35. The number of nitrogens with one attached hydrogen (secondary N) is 1. The summed E-state index contributed by atoms with van der Waals surface area (Å²) in [5.74, 6) is 0.343. The summed E-state index contributed by atoms with van der Waals surface area (Å²) in [6, 6.07) is 11.6. The van der Waals surface area contributed by atoms with Crippen molar-refractivity contribution in [2.24, 2.45) is 0 Å². The number of sulfonamides is 2. The second kappa shape index (κ2) is 10.7. The second-order valence-electron chi connectivity index (χ2n) is 10.6. The monoisotopic (exact) mass is 565 g/mol. The van der Waals surface area contributed by atoms with Crippen molar-refractivity contribution in [1.29, 1.82) is 0 Å². The van der Waals surface area contributed by atoms with Crippen LogP contribution >= 0.6 is 0 Å². The van der Waals surface area contributed by atoms with E-state index in [-0.39, 0.29) is 30.0 Å². The van der Waals surface area contributed by atoms with E-state index in [4.69, 9.17) is 9.47 Å². The van der Waals surface area contributed by atoms with E-state index in [0.29, 0.717) is 30.3 Å². The number of ether oxygens (including phenoxy) is 2. The van der Waals surface area contributed by atoms with Gasteiger partial charge in [0.2, 0.25) is 20.0 Å². The standard InChI is InChI=1S/C26H35N3O7S2/c1-26(2,3)19-7-12-23-22(17-19)29(37(4,31)32)18-24(36-23)25(30)27-13-16-35-20-8-10-21(11-9-20)38(33,34)28-14-5-6-15-28/h7-12,17,24H,5-6,13-16,18H2,1-4H3,(H,27,30)/t24-/m1/s1. The molecule has 1 atom stereocenters. The van der Waals surface area contributed by atoms with Crippen LogP contribution in [0.2, 0.25) is 0 Å². The quantitative estimate of drug-likeness (QED) is 0.488. The van der Waals surface area contributed by atoms with Gasteiger partial charge in [0.05, 0.1) is 29.9 Å². The van der Waals surface area contributed by atoms with Gasteiger partial charge in [0.1, 0.15) is 18.1 Å². The number of amides is 1. The van der Waals surface area contributed by atoms with Crippen molar-refractivity contribution in [3.63, 3.8) is 0 Å². The molecule has 2 aromatic rings. The largest absolute Gasteiger partial charge is 0.492 e. The van der Waals surface area contributed by atoms with Crippen LogP contribution in [-0.4, -0.2) is 72.2 Å². The summed E-state index contributed by atoms with van der Waals surface area (Å²) >= 11 is 0. The molecular formula is C26H35N3O7S2. The normalized spacial score (nSPS) is 18.5. The fourth-order valence-electron chi connectivity index (χ4n) is 4.41. The molecule has 12 heteroatoms. The van der Waals surface area contributed by atoms with Crippen LogP contribution in [0.15, 0.2) is 47.4 Å². The van der Waals surface area contributed by atoms with E-state index < -0.39 is 32.1 Å².